The second kappa shape index (κ2) is 3.14. The van der Waals surface area contributed by atoms with Gasteiger partial charge in [-0.25, -0.2) is 0 Å². The van der Waals surface area contributed by atoms with E-state index in [4.69, 9.17) is 0 Å². The molecule has 2 aromatic rings. The van der Waals surface area contributed by atoms with Crippen molar-refractivity contribution in [2.24, 2.45) is 7.05 Å². The normalized spacial score (nSPS) is 10.3. The van der Waals surface area contributed by atoms with E-state index in [2.05, 4.69) is 20.6 Å². The molecule has 0 saturated carbocycles. The number of rotatable bonds is 2. The Balaban J connectivity index is 2.41. The summed E-state index contributed by atoms with van der Waals surface area (Å²) in [5.41, 5.74) is 0.985. The van der Waals surface area contributed by atoms with E-state index in [9.17, 15) is 0 Å². The zero-order valence-corrected chi connectivity index (χ0v) is 8.17. The number of hydrogen-bond acceptors (Lipinski definition) is 5. The van der Waals surface area contributed by atoms with Crippen molar-refractivity contribution in [3.05, 3.63) is 12.3 Å². The monoisotopic (exact) mass is 195 g/mol. The van der Waals surface area contributed by atoms with Crippen LogP contribution in [0.4, 0.5) is 5.13 Å². The molecule has 68 valence electrons. The average molecular weight is 195 g/mol. The molecular formula is C7H9N5S. The van der Waals surface area contributed by atoms with Crippen molar-refractivity contribution in [2.45, 2.75) is 0 Å². The Morgan fingerprint density at radius 2 is 2.31 bits per heavy atom. The fourth-order valence-electron chi connectivity index (χ4n) is 1.01. The van der Waals surface area contributed by atoms with Crippen LogP contribution in [0.15, 0.2) is 12.3 Å². The van der Waals surface area contributed by atoms with E-state index < -0.39 is 0 Å². The van der Waals surface area contributed by atoms with Crippen molar-refractivity contribution in [3.63, 3.8) is 0 Å². The first kappa shape index (κ1) is 8.18. The molecule has 0 amide bonds. The Labute approximate surface area is 79.4 Å². The van der Waals surface area contributed by atoms with Crippen LogP contribution in [-0.2, 0) is 7.05 Å². The van der Waals surface area contributed by atoms with E-state index in [1.807, 2.05) is 20.2 Å². The van der Waals surface area contributed by atoms with Crippen LogP contribution in [0.5, 0.6) is 0 Å². The number of aromatic nitrogens is 4. The van der Waals surface area contributed by atoms with Crippen molar-refractivity contribution >= 4 is 16.5 Å². The molecule has 0 atom stereocenters. The van der Waals surface area contributed by atoms with Crippen molar-refractivity contribution in [3.8, 4) is 10.7 Å². The smallest absolute Gasteiger partial charge is 0.205 e. The van der Waals surface area contributed by atoms with Gasteiger partial charge in [-0.1, -0.05) is 11.3 Å². The minimum Gasteiger partial charge on any atom is -0.363 e. The minimum atomic E-state index is 0.816. The first-order chi connectivity index (χ1) is 6.31. The zero-order valence-electron chi connectivity index (χ0n) is 7.35. The standard InChI is InChI=1S/C7H9N5S/c1-8-7-11-10-6(13-7)5-3-4-9-12(5)2/h3-4H,1-2H3,(H,8,11). The summed E-state index contributed by atoms with van der Waals surface area (Å²) < 4.78 is 1.78. The van der Waals surface area contributed by atoms with Crippen LogP contribution in [0.2, 0.25) is 0 Å². The highest BCUT2D eigenvalue weighted by Crippen LogP contribution is 2.24. The molecule has 0 spiro atoms. The molecule has 0 aliphatic heterocycles. The lowest BCUT2D eigenvalue weighted by Gasteiger charge is -1.93. The highest BCUT2D eigenvalue weighted by Gasteiger charge is 2.08. The Morgan fingerprint density at radius 3 is 2.85 bits per heavy atom. The third-order valence-electron chi connectivity index (χ3n) is 1.68. The summed E-state index contributed by atoms with van der Waals surface area (Å²) in [5.74, 6) is 0. The molecule has 0 aromatic carbocycles. The Bertz CT molecular complexity index is 404. The maximum absolute atomic E-state index is 4.06. The topological polar surface area (TPSA) is 55.6 Å². The predicted molar refractivity (Wildman–Crippen MR) is 51.7 cm³/mol. The van der Waals surface area contributed by atoms with E-state index in [1.54, 1.807) is 10.9 Å². The molecule has 0 saturated heterocycles. The maximum Gasteiger partial charge on any atom is 0.205 e. The van der Waals surface area contributed by atoms with Gasteiger partial charge in [0.15, 0.2) is 5.01 Å². The molecule has 6 heteroatoms. The Hall–Kier alpha value is -1.43. The van der Waals surface area contributed by atoms with Crippen LogP contribution in [0, 0.1) is 0 Å². The van der Waals surface area contributed by atoms with Gasteiger partial charge in [-0.2, -0.15) is 5.10 Å². The summed E-state index contributed by atoms with van der Waals surface area (Å²) in [6.07, 6.45) is 1.75. The van der Waals surface area contributed by atoms with Gasteiger partial charge in [-0.3, -0.25) is 4.68 Å². The first-order valence-electron chi connectivity index (χ1n) is 3.81. The Morgan fingerprint density at radius 1 is 1.46 bits per heavy atom. The minimum absolute atomic E-state index is 0.816. The van der Waals surface area contributed by atoms with Gasteiger partial charge in [0.1, 0.15) is 0 Å². The van der Waals surface area contributed by atoms with E-state index in [1.165, 1.54) is 11.3 Å². The summed E-state index contributed by atoms with van der Waals surface area (Å²) in [6, 6.07) is 1.92. The molecule has 0 aliphatic rings. The summed E-state index contributed by atoms with van der Waals surface area (Å²) >= 11 is 1.51. The summed E-state index contributed by atoms with van der Waals surface area (Å²) in [7, 11) is 3.71. The van der Waals surface area contributed by atoms with E-state index in [0.717, 1.165) is 15.8 Å². The largest absolute Gasteiger partial charge is 0.363 e. The first-order valence-corrected chi connectivity index (χ1v) is 4.62. The fourth-order valence-corrected chi connectivity index (χ4v) is 1.76. The molecule has 5 nitrogen and oxygen atoms in total. The zero-order chi connectivity index (χ0) is 9.26. The lowest BCUT2D eigenvalue weighted by Crippen LogP contribution is -1.92. The molecule has 1 N–H and O–H groups in total. The maximum atomic E-state index is 4.06. The van der Waals surface area contributed by atoms with Crippen molar-refractivity contribution in [1.82, 2.24) is 20.0 Å². The number of nitrogens with zero attached hydrogens (tertiary/aromatic N) is 4. The molecule has 0 aliphatic carbocycles. The summed E-state index contributed by atoms with van der Waals surface area (Å²) in [5, 5.41) is 16.7. The molecule has 0 bridgehead atoms. The van der Waals surface area contributed by atoms with Gasteiger partial charge in [-0.05, 0) is 6.07 Å². The van der Waals surface area contributed by atoms with Crippen LogP contribution in [0.1, 0.15) is 0 Å². The van der Waals surface area contributed by atoms with Gasteiger partial charge in [0.25, 0.3) is 0 Å². The molecule has 2 aromatic heterocycles. The highest BCUT2D eigenvalue weighted by molar-refractivity contribution is 7.18. The number of nitrogens with one attached hydrogen (secondary N) is 1. The molecule has 2 heterocycles. The molecular weight excluding hydrogens is 186 g/mol. The predicted octanol–water partition coefficient (Wildman–Crippen LogP) is 0.980. The molecule has 0 radical (unpaired) electrons. The molecule has 2 rings (SSSR count). The summed E-state index contributed by atoms with van der Waals surface area (Å²) in [6.45, 7) is 0. The van der Waals surface area contributed by atoms with E-state index in [0.29, 0.717) is 0 Å². The third kappa shape index (κ3) is 1.40. The average Bonchev–Trinajstić information content (AvgIpc) is 2.71. The van der Waals surface area contributed by atoms with E-state index >= 15 is 0 Å². The van der Waals surface area contributed by atoms with Crippen LogP contribution >= 0.6 is 11.3 Å². The second-order valence-electron chi connectivity index (χ2n) is 2.50. The third-order valence-corrected chi connectivity index (χ3v) is 2.64. The van der Waals surface area contributed by atoms with E-state index in [-0.39, 0.29) is 0 Å². The lowest BCUT2D eigenvalue weighted by atomic mass is 10.4. The van der Waals surface area contributed by atoms with Crippen LogP contribution in [0.25, 0.3) is 10.7 Å². The van der Waals surface area contributed by atoms with Crippen molar-refractivity contribution < 1.29 is 0 Å². The SMILES string of the molecule is CNc1nnc(-c2ccnn2C)s1. The van der Waals surface area contributed by atoms with Crippen LogP contribution in [-0.4, -0.2) is 27.0 Å². The number of aryl methyl sites for hydroxylation is 1. The number of anilines is 1. The van der Waals surface area contributed by atoms with Gasteiger partial charge < -0.3 is 5.32 Å². The van der Waals surface area contributed by atoms with Crippen molar-refractivity contribution in [2.75, 3.05) is 12.4 Å². The fraction of sp³-hybridized carbons (Fsp3) is 0.286. The van der Waals surface area contributed by atoms with Gasteiger partial charge in [0.2, 0.25) is 5.13 Å². The number of hydrogen-bond donors (Lipinski definition) is 1. The van der Waals surface area contributed by atoms with Crippen LogP contribution < -0.4 is 5.32 Å². The molecule has 0 unspecified atom stereocenters. The van der Waals surface area contributed by atoms with Crippen molar-refractivity contribution in [1.29, 1.82) is 0 Å². The molecule has 0 fully saturated rings. The van der Waals surface area contributed by atoms with Gasteiger partial charge in [0.05, 0.1) is 5.69 Å². The van der Waals surface area contributed by atoms with Gasteiger partial charge >= 0.3 is 0 Å². The summed E-state index contributed by atoms with van der Waals surface area (Å²) in [4.78, 5) is 0. The second-order valence-corrected chi connectivity index (χ2v) is 3.48. The van der Waals surface area contributed by atoms with Crippen LogP contribution in [0.3, 0.4) is 0 Å². The quantitative estimate of drug-likeness (QED) is 0.776. The van der Waals surface area contributed by atoms with Gasteiger partial charge in [-0.15, -0.1) is 10.2 Å². The van der Waals surface area contributed by atoms with Gasteiger partial charge in [0, 0.05) is 20.3 Å². The lowest BCUT2D eigenvalue weighted by molar-refractivity contribution is 0.774. The molecule has 13 heavy (non-hydrogen) atoms. The highest BCUT2D eigenvalue weighted by atomic mass is 32.1. The Kier molecular flexibility index (Phi) is 1.97.